The minimum atomic E-state index is -0.539. The number of nitrogens with one attached hydrogen (secondary N) is 2. The lowest BCUT2D eigenvalue weighted by molar-refractivity contribution is 0.249. The Kier molecular flexibility index (Phi) is 4.56. The lowest BCUT2D eigenvalue weighted by Gasteiger charge is -2.05. The van der Waals surface area contributed by atoms with E-state index in [1.165, 1.54) is 12.1 Å². The Morgan fingerprint density at radius 2 is 2.20 bits per heavy atom. The van der Waals surface area contributed by atoms with Gasteiger partial charge in [0.05, 0.1) is 0 Å². The summed E-state index contributed by atoms with van der Waals surface area (Å²) in [6.07, 6.45) is 0. The number of hydrogen-bond acceptors (Lipinski definition) is 2. The molecule has 15 heavy (non-hydrogen) atoms. The molecule has 0 saturated carbocycles. The van der Waals surface area contributed by atoms with Crippen molar-refractivity contribution in [3.8, 4) is 0 Å². The van der Waals surface area contributed by atoms with Crippen LogP contribution in [0.25, 0.3) is 0 Å². The largest absolute Gasteiger partial charge is 0.352 e. The quantitative estimate of drug-likeness (QED) is 0.624. The number of halogens is 1. The third-order valence-electron chi connectivity index (χ3n) is 1.82. The molecule has 0 spiro atoms. The van der Waals surface area contributed by atoms with Crippen LogP contribution in [0.2, 0.25) is 0 Å². The maximum Gasteiger partial charge on any atom is 0.312 e. The minimum Gasteiger partial charge on any atom is -0.352 e. The van der Waals surface area contributed by atoms with E-state index in [2.05, 4.69) is 10.6 Å². The molecule has 1 aromatic rings. The van der Waals surface area contributed by atoms with Crippen molar-refractivity contribution < 1.29 is 9.18 Å². The maximum atomic E-state index is 12.7. The van der Waals surface area contributed by atoms with Crippen molar-refractivity contribution in [3.05, 3.63) is 35.6 Å². The van der Waals surface area contributed by atoms with E-state index in [1.807, 2.05) is 6.07 Å². The third-order valence-corrected chi connectivity index (χ3v) is 1.82. The molecule has 0 saturated heterocycles. The van der Waals surface area contributed by atoms with Crippen molar-refractivity contribution in [2.75, 3.05) is 13.1 Å². The van der Waals surface area contributed by atoms with Crippen LogP contribution in [0.3, 0.4) is 0 Å². The summed E-state index contributed by atoms with van der Waals surface area (Å²) in [5.41, 5.74) is 5.75. The summed E-state index contributed by atoms with van der Waals surface area (Å²) in [6.45, 7) is 1.63. The van der Waals surface area contributed by atoms with Gasteiger partial charge in [0.15, 0.2) is 0 Å². The first kappa shape index (κ1) is 11.5. The number of carbonyl (C=O) groups excluding carboxylic acids is 1. The normalized spacial score (nSPS) is 9.93. The highest BCUT2D eigenvalue weighted by Crippen LogP contribution is 2.02. The molecule has 2 amide bonds. The molecular formula is C10H14FN3O. The van der Waals surface area contributed by atoms with Gasteiger partial charge < -0.3 is 16.4 Å². The minimum absolute atomic E-state index is 0.246. The predicted molar refractivity (Wildman–Crippen MR) is 55.7 cm³/mol. The molecule has 1 rings (SSSR count). The van der Waals surface area contributed by atoms with Crippen LogP contribution in [-0.4, -0.2) is 19.1 Å². The Hall–Kier alpha value is -1.62. The highest BCUT2D eigenvalue weighted by molar-refractivity contribution is 5.71. The molecule has 4 nitrogen and oxygen atoms in total. The van der Waals surface area contributed by atoms with E-state index < -0.39 is 6.03 Å². The van der Waals surface area contributed by atoms with Crippen molar-refractivity contribution in [2.24, 2.45) is 5.73 Å². The highest BCUT2D eigenvalue weighted by atomic mass is 19.1. The molecule has 5 heteroatoms. The maximum absolute atomic E-state index is 12.7. The zero-order valence-corrected chi connectivity index (χ0v) is 8.29. The van der Waals surface area contributed by atoms with E-state index in [9.17, 15) is 9.18 Å². The molecule has 0 radical (unpaired) electrons. The molecule has 0 aliphatic carbocycles. The molecule has 0 bridgehead atoms. The van der Waals surface area contributed by atoms with E-state index in [1.54, 1.807) is 6.07 Å². The van der Waals surface area contributed by atoms with Crippen LogP contribution in [0.15, 0.2) is 24.3 Å². The highest BCUT2D eigenvalue weighted by Gasteiger charge is 1.95. The van der Waals surface area contributed by atoms with Gasteiger partial charge in [0.2, 0.25) is 0 Å². The van der Waals surface area contributed by atoms with Crippen LogP contribution < -0.4 is 16.4 Å². The first-order chi connectivity index (χ1) is 7.18. The van der Waals surface area contributed by atoms with Gasteiger partial charge in [-0.1, -0.05) is 12.1 Å². The van der Waals surface area contributed by atoms with Crippen molar-refractivity contribution in [1.29, 1.82) is 0 Å². The van der Waals surface area contributed by atoms with Crippen LogP contribution in [0.1, 0.15) is 5.56 Å². The molecule has 82 valence electrons. The van der Waals surface area contributed by atoms with E-state index in [4.69, 9.17) is 5.73 Å². The average molecular weight is 211 g/mol. The number of nitrogens with two attached hydrogens (primary N) is 1. The molecule has 0 aromatic heterocycles. The Labute approximate surface area is 87.7 Å². The summed E-state index contributed by atoms with van der Waals surface area (Å²) < 4.78 is 12.7. The topological polar surface area (TPSA) is 67.2 Å². The van der Waals surface area contributed by atoms with Gasteiger partial charge in [-0.3, -0.25) is 0 Å². The van der Waals surface area contributed by atoms with Crippen LogP contribution in [0, 0.1) is 5.82 Å². The van der Waals surface area contributed by atoms with Gasteiger partial charge in [-0.15, -0.1) is 0 Å². The number of primary amides is 1. The number of hydrogen-bond donors (Lipinski definition) is 3. The number of benzene rings is 1. The fourth-order valence-electron chi connectivity index (χ4n) is 1.15. The summed E-state index contributed by atoms with van der Waals surface area (Å²) in [6, 6.07) is 5.82. The number of urea groups is 1. The molecule has 1 aromatic carbocycles. The SMILES string of the molecule is NC(=O)NCCNCc1cccc(F)c1. The smallest absolute Gasteiger partial charge is 0.312 e. The summed E-state index contributed by atoms with van der Waals surface area (Å²) in [7, 11) is 0. The van der Waals surface area contributed by atoms with Gasteiger partial charge in [-0.25, -0.2) is 9.18 Å². The summed E-state index contributed by atoms with van der Waals surface area (Å²) in [5, 5.41) is 5.49. The van der Waals surface area contributed by atoms with Crippen LogP contribution in [0.4, 0.5) is 9.18 Å². The van der Waals surface area contributed by atoms with E-state index in [0.717, 1.165) is 5.56 Å². The molecule has 4 N–H and O–H groups in total. The molecule has 0 unspecified atom stereocenters. The molecule has 0 fully saturated rings. The Balaban J connectivity index is 2.17. The fourth-order valence-corrected chi connectivity index (χ4v) is 1.15. The first-order valence-corrected chi connectivity index (χ1v) is 4.67. The molecular weight excluding hydrogens is 197 g/mol. The Morgan fingerprint density at radius 3 is 2.87 bits per heavy atom. The third kappa shape index (κ3) is 4.97. The summed E-state index contributed by atoms with van der Waals surface area (Å²) in [4.78, 5) is 10.3. The average Bonchev–Trinajstić information content (AvgIpc) is 2.17. The van der Waals surface area contributed by atoms with Gasteiger partial charge in [0.25, 0.3) is 0 Å². The van der Waals surface area contributed by atoms with Crippen LogP contribution in [-0.2, 0) is 6.54 Å². The van der Waals surface area contributed by atoms with Gasteiger partial charge in [0, 0.05) is 19.6 Å². The first-order valence-electron chi connectivity index (χ1n) is 4.67. The summed E-state index contributed by atoms with van der Waals surface area (Å²) >= 11 is 0. The van der Waals surface area contributed by atoms with Gasteiger partial charge in [-0.2, -0.15) is 0 Å². The number of amides is 2. The van der Waals surface area contributed by atoms with Gasteiger partial charge in [0.1, 0.15) is 5.82 Å². The van der Waals surface area contributed by atoms with Crippen LogP contribution >= 0.6 is 0 Å². The molecule has 0 heterocycles. The van der Waals surface area contributed by atoms with Gasteiger partial charge in [-0.05, 0) is 17.7 Å². The lowest BCUT2D eigenvalue weighted by atomic mass is 10.2. The molecule has 0 aliphatic rings. The monoisotopic (exact) mass is 211 g/mol. The van der Waals surface area contributed by atoms with Crippen molar-refractivity contribution in [1.82, 2.24) is 10.6 Å². The number of carbonyl (C=O) groups is 1. The zero-order valence-electron chi connectivity index (χ0n) is 8.29. The number of rotatable bonds is 5. The fraction of sp³-hybridized carbons (Fsp3) is 0.300. The predicted octanol–water partition coefficient (Wildman–Crippen LogP) is 0.584. The lowest BCUT2D eigenvalue weighted by Crippen LogP contribution is -2.35. The van der Waals surface area contributed by atoms with Crippen LogP contribution in [0.5, 0.6) is 0 Å². The standard InChI is InChI=1S/C10H14FN3O/c11-9-3-1-2-8(6-9)7-13-4-5-14-10(12)15/h1-3,6,13H,4-5,7H2,(H3,12,14,15). The van der Waals surface area contributed by atoms with Crippen molar-refractivity contribution in [3.63, 3.8) is 0 Å². The zero-order chi connectivity index (χ0) is 11.1. The van der Waals surface area contributed by atoms with E-state index >= 15 is 0 Å². The molecule has 0 aliphatic heterocycles. The molecule has 0 atom stereocenters. The van der Waals surface area contributed by atoms with Gasteiger partial charge >= 0.3 is 6.03 Å². The second kappa shape index (κ2) is 5.98. The Bertz CT molecular complexity index is 330. The van der Waals surface area contributed by atoms with E-state index in [0.29, 0.717) is 19.6 Å². The second-order valence-corrected chi connectivity index (χ2v) is 3.10. The summed E-state index contributed by atoms with van der Waals surface area (Å²) in [5.74, 6) is -0.246. The van der Waals surface area contributed by atoms with Crippen molar-refractivity contribution >= 4 is 6.03 Å². The Morgan fingerprint density at radius 1 is 1.40 bits per heavy atom. The second-order valence-electron chi connectivity index (χ2n) is 3.10. The van der Waals surface area contributed by atoms with Crippen molar-refractivity contribution in [2.45, 2.75) is 6.54 Å². The van der Waals surface area contributed by atoms with E-state index in [-0.39, 0.29) is 5.82 Å².